The van der Waals surface area contributed by atoms with Gasteiger partial charge >= 0.3 is 0 Å². The van der Waals surface area contributed by atoms with E-state index in [9.17, 15) is 9.90 Å². The fourth-order valence-corrected chi connectivity index (χ4v) is 2.87. The Morgan fingerprint density at radius 2 is 2.00 bits per heavy atom. The van der Waals surface area contributed by atoms with E-state index in [0.717, 1.165) is 25.9 Å². The molecule has 1 heterocycles. The molecule has 0 radical (unpaired) electrons. The highest BCUT2D eigenvalue weighted by Crippen LogP contribution is 2.25. The molecule has 1 aliphatic heterocycles. The van der Waals surface area contributed by atoms with Gasteiger partial charge in [-0.25, -0.2) is 0 Å². The Morgan fingerprint density at radius 3 is 2.71 bits per heavy atom. The van der Waals surface area contributed by atoms with Gasteiger partial charge in [-0.05, 0) is 37.5 Å². The van der Waals surface area contributed by atoms with Gasteiger partial charge in [-0.2, -0.15) is 0 Å². The van der Waals surface area contributed by atoms with Gasteiger partial charge in [-0.15, -0.1) is 0 Å². The molecule has 4 nitrogen and oxygen atoms in total. The van der Waals surface area contributed by atoms with Crippen molar-refractivity contribution in [2.24, 2.45) is 0 Å². The maximum atomic E-state index is 12.0. The van der Waals surface area contributed by atoms with Crippen LogP contribution in [0.3, 0.4) is 0 Å². The summed E-state index contributed by atoms with van der Waals surface area (Å²) in [5.74, 6) is 0.0825. The number of nitrogens with zero attached hydrogens (tertiary/aromatic N) is 1. The molecule has 2 N–H and O–H groups in total. The lowest BCUT2D eigenvalue weighted by atomic mass is 10.1. The van der Waals surface area contributed by atoms with E-state index in [4.69, 9.17) is 23.2 Å². The predicted molar refractivity (Wildman–Crippen MR) is 84.7 cm³/mol. The first-order valence-electron chi connectivity index (χ1n) is 7.19. The number of benzene rings is 1. The van der Waals surface area contributed by atoms with Crippen molar-refractivity contribution in [1.82, 2.24) is 10.2 Å². The largest absolute Gasteiger partial charge is 0.387 e. The van der Waals surface area contributed by atoms with Crippen molar-refractivity contribution < 1.29 is 9.90 Å². The number of hydrogen-bond donors (Lipinski definition) is 2. The van der Waals surface area contributed by atoms with Gasteiger partial charge in [0.1, 0.15) is 0 Å². The zero-order valence-electron chi connectivity index (χ0n) is 11.8. The summed E-state index contributed by atoms with van der Waals surface area (Å²) in [5, 5.41) is 14.1. The topological polar surface area (TPSA) is 52.6 Å². The van der Waals surface area contributed by atoms with E-state index >= 15 is 0 Å². The molecule has 0 aromatic heterocycles. The highest BCUT2D eigenvalue weighted by Gasteiger charge is 2.17. The summed E-state index contributed by atoms with van der Waals surface area (Å²) in [6.45, 7) is 2.17. The number of amides is 1. The molecule has 6 heteroatoms. The van der Waals surface area contributed by atoms with Gasteiger partial charge in [0.05, 0.1) is 12.6 Å². The Hall–Kier alpha value is -0.810. The van der Waals surface area contributed by atoms with Crippen molar-refractivity contribution in [1.29, 1.82) is 0 Å². The summed E-state index contributed by atoms with van der Waals surface area (Å²) in [5.41, 5.74) is 0.571. The minimum absolute atomic E-state index is 0.0825. The van der Waals surface area contributed by atoms with Crippen molar-refractivity contribution in [3.05, 3.63) is 33.8 Å². The predicted octanol–water partition coefficient (Wildman–Crippen LogP) is 2.63. The molecule has 0 aliphatic carbocycles. The summed E-state index contributed by atoms with van der Waals surface area (Å²) in [6, 6.07) is 4.97. The van der Waals surface area contributed by atoms with Gasteiger partial charge in [0.2, 0.25) is 5.91 Å². The first kappa shape index (κ1) is 16.6. The second kappa shape index (κ2) is 7.99. The molecule has 0 spiro atoms. The highest BCUT2D eigenvalue weighted by atomic mass is 35.5. The maximum Gasteiger partial charge on any atom is 0.236 e. The van der Waals surface area contributed by atoms with Crippen molar-refractivity contribution >= 4 is 29.1 Å². The highest BCUT2D eigenvalue weighted by molar-refractivity contribution is 6.33. The van der Waals surface area contributed by atoms with Crippen molar-refractivity contribution in [2.45, 2.75) is 25.4 Å². The number of rotatable bonds is 5. The van der Waals surface area contributed by atoms with Crippen LogP contribution < -0.4 is 5.32 Å². The van der Waals surface area contributed by atoms with E-state index in [1.54, 1.807) is 18.2 Å². The van der Waals surface area contributed by atoms with Crippen LogP contribution in [0.4, 0.5) is 0 Å². The Morgan fingerprint density at radius 1 is 1.29 bits per heavy atom. The van der Waals surface area contributed by atoms with E-state index in [0.29, 0.717) is 15.6 Å². The molecule has 2 rings (SSSR count). The Balaban J connectivity index is 1.79. The molecule has 1 fully saturated rings. The normalized spacial score (nSPS) is 16.8. The molecule has 1 aromatic carbocycles. The van der Waals surface area contributed by atoms with Gasteiger partial charge < -0.3 is 15.3 Å². The lowest BCUT2D eigenvalue weighted by molar-refractivity contribution is -0.131. The number of aliphatic hydroxyl groups is 1. The summed E-state index contributed by atoms with van der Waals surface area (Å²) >= 11 is 11.9. The van der Waals surface area contributed by atoms with E-state index in [1.807, 2.05) is 4.90 Å². The van der Waals surface area contributed by atoms with E-state index < -0.39 is 6.10 Å². The van der Waals surface area contributed by atoms with E-state index in [-0.39, 0.29) is 19.0 Å². The first-order valence-corrected chi connectivity index (χ1v) is 7.95. The van der Waals surface area contributed by atoms with Crippen molar-refractivity contribution in [2.75, 3.05) is 26.2 Å². The molecule has 1 aliphatic rings. The average molecular weight is 331 g/mol. The van der Waals surface area contributed by atoms with E-state index in [1.165, 1.54) is 6.42 Å². The van der Waals surface area contributed by atoms with Gasteiger partial charge in [0, 0.05) is 35.2 Å². The summed E-state index contributed by atoms with van der Waals surface area (Å²) in [4.78, 5) is 13.8. The van der Waals surface area contributed by atoms with Crippen LogP contribution >= 0.6 is 23.2 Å². The molecular formula is C15H20Cl2N2O2. The van der Waals surface area contributed by atoms with Crippen LogP contribution in [-0.2, 0) is 4.79 Å². The number of halogens is 2. The standard InChI is InChI=1S/C15H20Cl2N2O2/c16-11-4-5-13(17)12(8-11)14(20)9-18-10-15(21)19-6-2-1-3-7-19/h4-5,8,14,18,20H,1-3,6-7,9-10H2. The molecule has 1 aromatic rings. The average Bonchev–Trinajstić information content (AvgIpc) is 2.50. The third-order valence-electron chi connectivity index (χ3n) is 3.64. The van der Waals surface area contributed by atoms with Crippen LogP contribution in [0.2, 0.25) is 10.0 Å². The third kappa shape index (κ3) is 4.85. The molecule has 0 bridgehead atoms. The zero-order chi connectivity index (χ0) is 15.2. The lowest BCUT2D eigenvalue weighted by Crippen LogP contribution is -2.41. The number of carbonyl (C=O) groups excluding carboxylic acids is 1. The fourth-order valence-electron chi connectivity index (χ4n) is 2.45. The number of aliphatic hydroxyl groups excluding tert-OH is 1. The number of carbonyl (C=O) groups is 1. The Labute approximate surface area is 135 Å². The molecular weight excluding hydrogens is 311 g/mol. The first-order chi connectivity index (χ1) is 10.1. The quantitative estimate of drug-likeness (QED) is 0.872. The maximum absolute atomic E-state index is 12.0. The second-order valence-electron chi connectivity index (χ2n) is 5.25. The molecule has 1 atom stereocenters. The summed E-state index contributed by atoms with van der Waals surface area (Å²) in [7, 11) is 0. The minimum Gasteiger partial charge on any atom is -0.387 e. The molecule has 1 amide bonds. The van der Waals surface area contributed by atoms with Crippen LogP contribution in [0, 0.1) is 0 Å². The molecule has 116 valence electrons. The van der Waals surface area contributed by atoms with Gasteiger partial charge in [0.25, 0.3) is 0 Å². The number of hydrogen-bond acceptors (Lipinski definition) is 3. The van der Waals surface area contributed by atoms with Crippen molar-refractivity contribution in [3.8, 4) is 0 Å². The third-order valence-corrected chi connectivity index (χ3v) is 4.22. The monoisotopic (exact) mass is 330 g/mol. The van der Waals surface area contributed by atoms with Gasteiger partial charge in [0.15, 0.2) is 0 Å². The van der Waals surface area contributed by atoms with Crippen LogP contribution in [0.15, 0.2) is 18.2 Å². The van der Waals surface area contributed by atoms with E-state index in [2.05, 4.69) is 5.32 Å². The molecule has 21 heavy (non-hydrogen) atoms. The van der Waals surface area contributed by atoms with Crippen LogP contribution in [-0.4, -0.2) is 42.1 Å². The number of piperidine rings is 1. The smallest absolute Gasteiger partial charge is 0.236 e. The Bertz CT molecular complexity index is 491. The SMILES string of the molecule is O=C(CNCC(O)c1cc(Cl)ccc1Cl)N1CCCCC1. The lowest BCUT2D eigenvalue weighted by Gasteiger charge is -2.27. The molecule has 1 saturated heterocycles. The number of nitrogens with one attached hydrogen (secondary N) is 1. The van der Waals surface area contributed by atoms with Gasteiger partial charge in [-0.1, -0.05) is 23.2 Å². The summed E-state index contributed by atoms with van der Waals surface area (Å²) < 4.78 is 0. The Kier molecular flexibility index (Phi) is 6.30. The number of likely N-dealkylation sites (tertiary alicyclic amines) is 1. The van der Waals surface area contributed by atoms with Crippen LogP contribution in [0.1, 0.15) is 30.9 Å². The van der Waals surface area contributed by atoms with Crippen LogP contribution in [0.5, 0.6) is 0 Å². The minimum atomic E-state index is -0.787. The second-order valence-corrected chi connectivity index (χ2v) is 6.10. The zero-order valence-corrected chi connectivity index (χ0v) is 13.3. The summed E-state index contributed by atoms with van der Waals surface area (Å²) in [6.07, 6.45) is 2.56. The van der Waals surface area contributed by atoms with Crippen molar-refractivity contribution in [3.63, 3.8) is 0 Å². The van der Waals surface area contributed by atoms with Crippen LogP contribution in [0.25, 0.3) is 0 Å². The molecule has 0 saturated carbocycles. The molecule has 1 unspecified atom stereocenters. The van der Waals surface area contributed by atoms with Gasteiger partial charge in [-0.3, -0.25) is 4.79 Å². The fraction of sp³-hybridized carbons (Fsp3) is 0.533.